The standard InChI is InChI=1S/C54H32S4/c1-3-7-49-43(5-1)47(31-55-49)37-17-9-33(10-18-37)35-13-21-39(22-14-35)53-29-45-41-26-28-52-46(42(41)25-27-51(45)57-53)30-54(58-52)40-23-15-36(16-24-40)34-11-19-38(20-12-34)48-32-56-50-8-4-2-6-44(48)50/h1-32H. The Hall–Kier alpha value is -6.14. The molecule has 0 radical (unpaired) electrons. The van der Waals surface area contributed by atoms with E-state index in [1.165, 1.54) is 117 Å². The molecule has 0 saturated heterocycles. The largest absolute Gasteiger partial charge is 0.143 e. The van der Waals surface area contributed by atoms with E-state index < -0.39 is 0 Å². The van der Waals surface area contributed by atoms with Gasteiger partial charge in [-0.15, -0.1) is 45.3 Å². The molecule has 0 atom stereocenters. The summed E-state index contributed by atoms with van der Waals surface area (Å²) in [5.41, 5.74) is 12.6. The fourth-order valence-electron chi connectivity index (χ4n) is 8.47. The second-order valence-electron chi connectivity index (χ2n) is 14.9. The number of rotatable bonds is 6. The summed E-state index contributed by atoms with van der Waals surface area (Å²) in [6.45, 7) is 0. The van der Waals surface area contributed by atoms with Gasteiger partial charge in [-0.1, -0.05) is 146 Å². The van der Waals surface area contributed by atoms with Gasteiger partial charge in [-0.3, -0.25) is 0 Å². The van der Waals surface area contributed by atoms with Crippen LogP contribution in [0, 0.1) is 0 Å². The van der Waals surface area contributed by atoms with Crippen LogP contribution in [-0.2, 0) is 0 Å². The fourth-order valence-corrected chi connectivity index (χ4v) is 12.6. The molecule has 0 unspecified atom stereocenters. The van der Waals surface area contributed by atoms with E-state index in [4.69, 9.17) is 0 Å². The summed E-state index contributed by atoms with van der Waals surface area (Å²) < 4.78 is 5.31. The summed E-state index contributed by atoms with van der Waals surface area (Å²) in [6.07, 6.45) is 0. The molecule has 12 rings (SSSR count). The Kier molecular flexibility index (Phi) is 8.05. The summed E-state index contributed by atoms with van der Waals surface area (Å²) in [7, 11) is 0. The molecule has 12 aromatic rings. The first-order chi connectivity index (χ1) is 28.7. The molecule has 272 valence electrons. The molecule has 0 saturated carbocycles. The predicted molar refractivity (Wildman–Crippen MR) is 258 cm³/mol. The van der Waals surface area contributed by atoms with Crippen LogP contribution in [0.4, 0.5) is 0 Å². The third-order valence-corrected chi connectivity index (χ3v) is 15.8. The van der Waals surface area contributed by atoms with Crippen molar-refractivity contribution in [2.45, 2.75) is 0 Å². The molecule has 0 nitrogen and oxygen atoms in total. The zero-order valence-electron chi connectivity index (χ0n) is 31.1. The van der Waals surface area contributed by atoms with Crippen LogP contribution in [-0.4, -0.2) is 0 Å². The molecule has 8 aromatic carbocycles. The van der Waals surface area contributed by atoms with E-state index in [1.54, 1.807) is 0 Å². The Morgan fingerprint density at radius 1 is 0.241 bits per heavy atom. The maximum absolute atomic E-state index is 2.39. The second kappa shape index (κ2) is 13.8. The van der Waals surface area contributed by atoms with Gasteiger partial charge in [-0.05, 0) is 102 Å². The lowest BCUT2D eigenvalue weighted by Crippen LogP contribution is -1.80. The Morgan fingerprint density at radius 3 is 0.983 bits per heavy atom. The van der Waals surface area contributed by atoms with Gasteiger partial charge in [0.15, 0.2) is 0 Å². The summed E-state index contributed by atoms with van der Waals surface area (Å²) in [6, 6.07) is 67.6. The molecule has 0 aliphatic rings. The SMILES string of the molecule is c1ccc2c(-c3ccc(-c4ccc(-c5cc6c(ccc7c8cc(-c9ccc(-c%10ccc(-c%11csc%12ccccc%11%12)cc%10)cc9)sc8ccc67)s5)cc4)cc3)csc2c1. The molecule has 4 aromatic heterocycles. The number of hydrogen-bond donors (Lipinski definition) is 0. The Morgan fingerprint density at radius 2 is 0.586 bits per heavy atom. The predicted octanol–water partition coefficient (Wildman–Crippen LogP) is 17.7. The highest BCUT2D eigenvalue weighted by molar-refractivity contribution is 7.23. The zero-order chi connectivity index (χ0) is 38.2. The number of hydrogen-bond acceptors (Lipinski definition) is 4. The molecule has 4 heteroatoms. The van der Waals surface area contributed by atoms with E-state index in [9.17, 15) is 0 Å². The van der Waals surface area contributed by atoms with Crippen LogP contribution in [0.5, 0.6) is 0 Å². The Bertz CT molecular complexity index is 3230. The van der Waals surface area contributed by atoms with E-state index in [0.717, 1.165) is 0 Å². The lowest BCUT2D eigenvalue weighted by atomic mass is 9.98. The van der Waals surface area contributed by atoms with Crippen molar-refractivity contribution in [2.75, 3.05) is 0 Å². The molecule has 0 N–H and O–H groups in total. The first-order valence-corrected chi connectivity index (χ1v) is 22.8. The van der Waals surface area contributed by atoms with Gasteiger partial charge >= 0.3 is 0 Å². The summed E-state index contributed by atoms with van der Waals surface area (Å²) in [5, 5.41) is 12.5. The Labute approximate surface area is 352 Å². The lowest BCUT2D eigenvalue weighted by molar-refractivity contribution is 1.61. The lowest BCUT2D eigenvalue weighted by Gasteiger charge is -2.06. The number of thiophene rings is 4. The van der Waals surface area contributed by atoms with Gasteiger partial charge < -0.3 is 0 Å². The van der Waals surface area contributed by atoms with Crippen LogP contribution in [0.25, 0.3) is 117 Å². The van der Waals surface area contributed by atoms with Gasteiger partial charge in [-0.2, -0.15) is 0 Å². The average molecular weight is 809 g/mol. The third-order valence-electron chi connectivity index (χ3n) is 11.6. The zero-order valence-corrected chi connectivity index (χ0v) is 34.4. The fraction of sp³-hybridized carbons (Fsp3) is 0. The first-order valence-electron chi connectivity index (χ1n) is 19.4. The molecule has 4 heterocycles. The quantitative estimate of drug-likeness (QED) is 0.157. The molecular formula is C54H32S4. The monoisotopic (exact) mass is 808 g/mol. The van der Waals surface area contributed by atoms with Crippen molar-refractivity contribution in [3.63, 3.8) is 0 Å². The van der Waals surface area contributed by atoms with Crippen molar-refractivity contribution in [3.8, 4) is 65.4 Å². The highest BCUT2D eigenvalue weighted by atomic mass is 32.1. The van der Waals surface area contributed by atoms with Gasteiger partial charge in [0, 0.05) is 61.2 Å². The highest BCUT2D eigenvalue weighted by Crippen LogP contribution is 2.43. The van der Waals surface area contributed by atoms with Crippen molar-refractivity contribution in [3.05, 3.63) is 193 Å². The molecule has 0 fully saturated rings. The summed E-state index contributed by atoms with van der Waals surface area (Å²) in [4.78, 5) is 2.60. The summed E-state index contributed by atoms with van der Waals surface area (Å²) >= 11 is 7.38. The minimum atomic E-state index is 1.24. The van der Waals surface area contributed by atoms with Crippen LogP contribution in [0.15, 0.2) is 193 Å². The van der Waals surface area contributed by atoms with Gasteiger partial charge in [0.25, 0.3) is 0 Å². The minimum Gasteiger partial charge on any atom is -0.143 e. The molecule has 0 aliphatic heterocycles. The topological polar surface area (TPSA) is 0 Å². The molecule has 58 heavy (non-hydrogen) atoms. The molecule has 0 spiro atoms. The van der Waals surface area contributed by atoms with Crippen LogP contribution < -0.4 is 0 Å². The Balaban J connectivity index is 0.797. The molecule has 0 aliphatic carbocycles. The van der Waals surface area contributed by atoms with Gasteiger partial charge in [-0.25, -0.2) is 0 Å². The smallest absolute Gasteiger partial charge is 0.0355 e. The van der Waals surface area contributed by atoms with E-state index in [0.29, 0.717) is 0 Å². The normalized spacial score (nSPS) is 11.8. The summed E-state index contributed by atoms with van der Waals surface area (Å²) in [5.74, 6) is 0. The van der Waals surface area contributed by atoms with Crippen molar-refractivity contribution in [2.24, 2.45) is 0 Å². The third kappa shape index (κ3) is 5.75. The van der Waals surface area contributed by atoms with Gasteiger partial charge in [0.2, 0.25) is 0 Å². The van der Waals surface area contributed by atoms with Crippen LogP contribution in [0.1, 0.15) is 0 Å². The van der Waals surface area contributed by atoms with E-state index in [2.05, 4.69) is 193 Å². The minimum absolute atomic E-state index is 1.24. The maximum Gasteiger partial charge on any atom is 0.0355 e. The van der Waals surface area contributed by atoms with E-state index >= 15 is 0 Å². The van der Waals surface area contributed by atoms with E-state index in [-0.39, 0.29) is 0 Å². The van der Waals surface area contributed by atoms with Crippen molar-refractivity contribution >= 4 is 96.5 Å². The highest BCUT2D eigenvalue weighted by Gasteiger charge is 2.14. The molecular weight excluding hydrogens is 777 g/mol. The van der Waals surface area contributed by atoms with Crippen molar-refractivity contribution in [1.82, 2.24) is 0 Å². The van der Waals surface area contributed by atoms with Crippen molar-refractivity contribution < 1.29 is 0 Å². The molecule has 0 bridgehead atoms. The van der Waals surface area contributed by atoms with Crippen LogP contribution in [0.2, 0.25) is 0 Å². The first kappa shape index (κ1) is 33.9. The number of fused-ring (bicyclic) bond motifs is 7. The molecule has 0 amide bonds. The second-order valence-corrected chi connectivity index (χ2v) is 18.9. The maximum atomic E-state index is 2.39. The average Bonchev–Trinajstić information content (AvgIpc) is 4.11. The van der Waals surface area contributed by atoms with E-state index in [1.807, 2.05) is 45.3 Å². The van der Waals surface area contributed by atoms with Gasteiger partial charge in [0.1, 0.15) is 0 Å². The van der Waals surface area contributed by atoms with Crippen LogP contribution in [0.3, 0.4) is 0 Å². The number of benzene rings is 8. The van der Waals surface area contributed by atoms with Crippen LogP contribution >= 0.6 is 45.3 Å². The van der Waals surface area contributed by atoms with Gasteiger partial charge in [0.05, 0.1) is 0 Å². The van der Waals surface area contributed by atoms with Crippen molar-refractivity contribution in [1.29, 1.82) is 0 Å².